The largest absolute Gasteiger partial charge is 0.496 e. The van der Waals surface area contributed by atoms with E-state index in [1.807, 2.05) is 0 Å². The Morgan fingerprint density at radius 1 is 1.19 bits per heavy atom. The van der Waals surface area contributed by atoms with E-state index in [0.29, 0.717) is 40.0 Å². The molecule has 1 aliphatic heterocycles. The minimum Gasteiger partial charge on any atom is -0.496 e. The predicted octanol–water partition coefficient (Wildman–Crippen LogP) is 3.03. The maximum Gasteiger partial charge on any atom is 0.260 e. The van der Waals surface area contributed by atoms with Crippen LogP contribution in [0.25, 0.3) is 5.69 Å². The molecule has 1 aliphatic rings. The molecule has 4 rings (SSSR count). The van der Waals surface area contributed by atoms with E-state index < -0.39 is 10.8 Å². The molecule has 0 spiro atoms. The third-order valence-electron chi connectivity index (χ3n) is 4.32. The molecule has 2 aromatic carbocycles. The standard InChI is InChI=1S/C19H16FN3O3S/c1-26-17-5-3-2-4-14(17)19(24)21-18-15-10-27(25)11-16(15)22-23(18)13-8-6-12(20)7-9-13/h2-9H,10-11H2,1H3,(H,21,24)/t27-/m1/s1. The summed E-state index contributed by atoms with van der Waals surface area (Å²) in [7, 11) is 0.452. The maximum absolute atomic E-state index is 13.3. The molecular formula is C19H16FN3O3S. The molecule has 6 nitrogen and oxygen atoms in total. The lowest BCUT2D eigenvalue weighted by atomic mass is 10.2. The Balaban J connectivity index is 1.76. The van der Waals surface area contributed by atoms with Gasteiger partial charge in [0, 0.05) is 16.4 Å². The number of ether oxygens (including phenoxy) is 1. The van der Waals surface area contributed by atoms with Gasteiger partial charge in [-0.3, -0.25) is 9.00 Å². The first kappa shape index (κ1) is 17.4. The number of carbonyl (C=O) groups is 1. The average Bonchev–Trinajstić information content (AvgIpc) is 3.19. The second-order valence-corrected chi connectivity index (χ2v) is 7.50. The van der Waals surface area contributed by atoms with Gasteiger partial charge < -0.3 is 10.1 Å². The summed E-state index contributed by atoms with van der Waals surface area (Å²) in [5.74, 6) is 0.816. The third-order valence-corrected chi connectivity index (χ3v) is 5.53. The molecule has 27 heavy (non-hydrogen) atoms. The lowest BCUT2D eigenvalue weighted by Crippen LogP contribution is -2.17. The van der Waals surface area contributed by atoms with E-state index in [-0.39, 0.29) is 11.7 Å². The fraction of sp³-hybridized carbons (Fsp3) is 0.158. The van der Waals surface area contributed by atoms with Gasteiger partial charge in [-0.1, -0.05) is 12.1 Å². The predicted molar refractivity (Wildman–Crippen MR) is 100 cm³/mol. The number of benzene rings is 2. The van der Waals surface area contributed by atoms with Gasteiger partial charge in [-0.05, 0) is 36.4 Å². The van der Waals surface area contributed by atoms with Crippen LogP contribution in [0.15, 0.2) is 48.5 Å². The van der Waals surface area contributed by atoms with E-state index >= 15 is 0 Å². The first-order valence-electron chi connectivity index (χ1n) is 8.23. The molecule has 2 heterocycles. The minimum atomic E-state index is -1.04. The van der Waals surface area contributed by atoms with Crippen LogP contribution in [0, 0.1) is 5.82 Å². The fourth-order valence-corrected chi connectivity index (χ4v) is 4.30. The molecule has 1 amide bonds. The van der Waals surface area contributed by atoms with Crippen molar-refractivity contribution in [2.24, 2.45) is 0 Å². The number of halogens is 1. The Hall–Kier alpha value is -3.00. The van der Waals surface area contributed by atoms with Crippen molar-refractivity contribution in [3.63, 3.8) is 0 Å². The van der Waals surface area contributed by atoms with Crippen molar-refractivity contribution < 1.29 is 18.1 Å². The van der Waals surface area contributed by atoms with Crippen LogP contribution in [0.2, 0.25) is 0 Å². The number of nitrogens with one attached hydrogen (secondary N) is 1. The normalized spacial score (nSPS) is 15.4. The van der Waals surface area contributed by atoms with Gasteiger partial charge >= 0.3 is 0 Å². The number of carbonyl (C=O) groups excluding carboxylic acids is 1. The molecule has 8 heteroatoms. The Bertz CT molecular complexity index is 1050. The highest BCUT2D eigenvalue weighted by atomic mass is 32.2. The number of fused-ring (bicyclic) bond motifs is 1. The zero-order valence-corrected chi connectivity index (χ0v) is 15.3. The topological polar surface area (TPSA) is 73.2 Å². The number of para-hydroxylation sites is 1. The molecule has 0 aliphatic carbocycles. The zero-order chi connectivity index (χ0) is 19.0. The van der Waals surface area contributed by atoms with E-state index in [1.165, 1.54) is 19.2 Å². The second kappa shape index (κ2) is 6.96. The molecule has 0 bridgehead atoms. The van der Waals surface area contributed by atoms with Crippen molar-refractivity contribution in [3.8, 4) is 11.4 Å². The van der Waals surface area contributed by atoms with Crippen LogP contribution in [0.4, 0.5) is 10.2 Å². The second-order valence-electron chi connectivity index (χ2n) is 6.04. The molecule has 1 aromatic heterocycles. The van der Waals surface area contributed by atoms with Gasteiger partial charge in [-0.25, -0.2) is 9.07 Å². The van der Waals surface area contributed by atoms with Gasteiger partial charge in [-0.2, -0.15) is 5.10 Å². The van der Waals surface area contributed by atoms with Crippen LogP contribution in [0.3, 0.4) is 0 Å². The number of rotatable bonds is 4. The van der Waals surface area contributed by atoms with Gasteiger partial charge in [0.05, 0.1) is 35.6 Å². The van der Waals surface area contributed by atoms with E-state index in [4.69, 9.17) is 4.74 Å². The molecule has 138 valence electrons. The van der Waals surface area contributed by atoms with Gasteiger partial charge in [0.2, 0.25) is 0 Å². The Morgan fingerprint density at radius 3 is 2.67 bits per heavy atom. The molecule has 1 N–H and O–H groups in total. The fourth-order valence-electron chi connectivity index (χ4n) is 3.03. The summed E-state index contributed by atoms with van der Waals surface area (Å²) < 4.78 is 32.0. The highest BCUT2D eigenvalue weighted by Crippen LogP contribution is 2.32. The zero-order valence-electron chi connectivity index (χ0n) is 14.4. The summed E-state index contributed by atoms with van der Waals surface area (Å²) in [6.45, 7) is 0. The number of hydrogen-bond donors (Lipinski definition) is 1. The summed E-state index contributed by atoms with van der Waals surface area (Å²) in [6, 6.07) is 12.7. The van der Waals surface area contributed by atoms with Gasteiger partial charge in [0.15, 0.2) is 0 Å². The number of anilines is 1. The molecule has 1 atom stereocenters. The third kappa shape index (κ3) is 3.23. The summed E-state index contributed by atoms with van der Waals surface area (Å²) >= 11 is 0. The summed E-state index contributed by atoms with van der Waals surface area (Å²) in [5.41, 5.74) is 2.39. The molecule has 0 saturated carbocycles. The van der Waals surface area contributed by atoms with Crippen LogP contribution in [-0.4, -0.2) is 27.0 Å². The first-order valence-corrected chi connectivity index (χ1v) is 9.71. The molecule has 0 unspecified atom stereocenters. The van der Waals surface area contributed by atoms with Crippen molar-refractivity contribution in [1.29, 1.82) is 0 Å². The molecule has 0 fully saturated rings. The van der Waals surface area contributed by atoms with Crippen molar-refractivity contribution in [3.05, 3.63) is 71.2 Å². The summed E-state index contributed by atoms with van der Waals surface area (Å²) in [5, 5.41) is 7.35. The lowest BCUT2D eigenvalue weighted by molar-refractivity contribution is 0.102. The Kier molecular flexibility index (Phi) is 4.49. The van der Waals surface area contributed by atoms with Crippen LogP contribution in [0.1, 0.15) is 21.6 Å². The Morgan fingerprint density at radius 2 is 1.93 bits per heavy atom. The first-order chi connectivity index (χ1) is 13.1. The number of amides is 1. The number of hydrogen-bond acceptors (Lipinski definition) is 4. The highest BCUT2D eigenvalue weighted by molar-refractivity contribution is 7.83. The highest BCUT2D eigenvalue weighted by Gasteiger charge is 2.29. The molecule has 0 saturated heterocycles. The van der Waals surface area contributed by atoms with E-state index in [2.05, 4.69) is 10.4 Å². The molecule has 3 aromatic rings. The van der Waals surface area contributed by atoms with Gasteiger partial charge in [-0.15, -0.1) is 0 Å². The van der Waals surface area contributed by atoms with Crippen molar-refractivity contribution >= 4 is 22.5 Å². The average molecular weight is 385 g/mol. The monoisotopic (exact) mass is 385 g/mol. The van der Waals surface area contributed by atoms with Gasteiger partial charge in [0.1, 0.15) is 17.4 Å². The van der Waals surface area contributed by atoms with E-state index in [1.54, 1.807) is 41.1 Å². The number of nitrogens with zero attached hydrogens (tertiary/aromatic N) is 2. The van der Waals surface area contributed by atoms with Crippen LogP contribution in [0.5, 0.6) is 5.75 Å². The van der Waals surface area contributed by atoms with E-state index in [9.17, 15) is 13.4 Å². The quantitative estimate of drug-likeness (QED) is 0.749. The minimum absolute atomic E-state index is 0.318. The van der Waals surface area contributed by atoms with Crippen molar-refractivity contribution in [1.82, 2.24) is 9.78 Å². The molecular weight excluding hydrogens is 369 g/mol. The summed E-state index contributed by atoms with van der Waals surface area (Å²) in [4.78, 5) is 12.8. The van der Waals surface area contributed by atoms with Crippen molar-refractivity contribution in [2.45, 2.75) is 11.5 Å². The van der Waals surface area contributed by atoms with Crippen LogP contribution >= 0.6 is 0 Å². The SMILES string of the molecule is COc1ccccc1C(=O)Nc1c2c(nn1-c1ccc(F)cc1)C[S@](=O)C2. The number of methoxy groups -OCH3 is 1. The summed E-state index contributed by atoms with van der Waals surface area (Å²) in [6.07, 6.45) is 0. The lowest BCUT2D eigenvalue weighted by Gasteiger charge is -2.12. The van der Waals surface area contributed by atoms with Gasteiger partial charge in [0.25, 0.3) is 5.91 Å². The van der Waals surface area contributed by atoms with E-state index in [0.717, 1.165) is 5.56 Å². The smallest absolute Gasteiger partial charge is 0.260 e. The number of aromatic nitrogens is 2. The maximum atomic E-state index is 13.3. The molecule has 0 radical (unpaired) electrons. The Labute approximate surface area is 157 Å². The van der Waals surface area contributed by atoms with Crippen molar-refractivity contribution in [2.75, 3.05) is 12.4 Å². The van der Waals surface area contributed by atoms with Crippen LogP contribution in [-0.2, 0) is 22.3 Å². The van der Waals surface area contributed by atoms with Crippen LogP contribution < -0.4 is 10.1 Å².